The van der Waals surface area contributed by atoms with E-state index in [9.17, 15) is 9.59 Å². The molecule has 36 heavy (non-hydrogen) atoms. The fourth-order valence-corrected chi connectivity index (χ4v) is 3.94. The average Bonchev–Trinajstić information content (AvgIpc) is 3.61. The molecule has 1 aliphatic rings. The van der Waals surface area contributed by atoms with Gasteiger partial charge in [0.25, 0.3) is 11.8 Å². The molecule has 0 radical (unpaired) electrons. The second-order valence-corrected chi connectivity index (χ2v) is 8.39. The van der Waals surface area contributed by atoms with E-state index in [-0.39, 0.29) is 24.1 Å². The Kier molecular flexibility index (Phi) is 6.55. The summed E-state index contributed by atoms with van der Waals surface area (Å²) in [6.07, 6.45) is -0.00749. The number of amides is 2. The first-order valence-electron chi connectivity index (χ1n) is 11.5. The van der Waals surface area contributed by atoms with Crippen LogP contribution in [-0.2, 0) is 29.1 Å². The molecule has 4 aromatic rings. The van der Waals surface area contributed by atoms with Crippen LogP contribution in [0.2, 0.25) is 0 Å². The van der Waals surface area contributed by atoms with Gasteiger partial charge in [-0.2, -0.15) is 0 Å². The second-order valence-electron chi connectivity index (χ2n) is 8.39. The monoisotopic (exact) mass is 487 g/mol. The van der Waals surface area contributed by atoms with Gasteiger partial charge in [-0.3, -0.25) is 9.59 Å². The summed E-state index contributed by atoms with van der Waals surface area (Å²) in [6.45, 7) is 2.33. The molecule has 2 aromatic carbocycles. The molecule has 9 heteroatoms. The summed E-state index contributed by atoms with van der Waals surface area (Å²) < 4.78 is 22.0. The summed E-state index contributed by atoms with van der Waals surface area (Å²) in [6, 6.07) is 18.0. The van der Waals surface area contributed by atoms with Crippen LogP contribution in [0, 0.1) is 6.92 Å². The SMILES string of the molecule is COCc1ccc(C(=O)Nc2ccc(-c3nc(CNC(=O)C4Cc5ccccc5O4)c(C)o3)cc2)o1. The standard InChI is InChI=1S/C27H25N3O6/c1-16-21(14-28-25(31)24-13-18-5-3-4-6-22(18)36-24)30-27(34-16)17-7-9-19(10-8-17)29-26(32)23-12-11-20(35-23)15-33-2/h3-12,24H,13-15H2,1-2H3,(H,28,31)(H,29,32). The summed E-state index contributed by atoms with van der Waals surface area (Å²) in [4.78, 5) is 29.5. The number of aromatic nitrogens is 1. The highest BCUT2D eigenvalue weighted by atomic mass is 16.5. The van der Waals surface area contributed by atoms with Crippen LogP contribution in [0.25, 0.3) is 11.5 Å². The van der Waals surface area contributed by atoms with E-state index in [1.165, 1.54) is 0 Å². The van der Waals surface area contributed by atoms with Crippen LogP contribution in [0.4, 0.5) is 5.69 Å². The van der Waals surface area contributed by atoms with E-state index >= 15 is 0 Å². The minimum atomic E-state index is -0.551. The molecule has 5 rings (SSSR count). The molecule has 3 heterocycles. The van der Waals surface area contributed by atoms with Gasteiger partial charge in [0.05, 0.1) is 6.54 Å². The third kappa shape index (κ3) is 5.01. The van der Waals surface area contributed by atoms with Crippen molar-refractivity contribution in [3.05, 3.63) is 89.2 Å². The number of hydrogen-bond acceptors (Lipinski definition) is 7. The van der Waals surface area contributed by atoms with Crippen molar-refractivity contribution < 1.29 is 27.9 Å². The van der Waals surface area contributed by atoms with Crippen molar-refractivity contribution in [2.75, 3.05) is 12.4 Å². The molecule has 0 aliphatic carbocycles. The maximum absolute atomic E-state index is 12.6. The van der Waals surface area contributed by atoms with Crippen molar-refractivity contribution in [3.8, 4) is 17.2 Å². The Labute approximate surface area is 207 Å². The molecule has 184 valence electrons. The number of para-hydroxylation sites is 1. The van der Waals surface area contributed by atoms with E-state index in [0.29, 0.717) is 41.8 Å². The maximum Gasteiger partial charge on any atom is 0.291 e. The van der Waals surface area contributed by atoms with Crippen molar-refractivity contribution in [1.82, 2.24) is 10.3 Å². The molecule has 0 saturated heterocycles. The Balaban J connectivity index is 1.18. The van der Waals surface area contributed by atoms with Crippen LogP contribution >= 0.6 is 0 Å². The lowest BCUT2D eigenvalue weighted by Gasteiger charge is -2.10. The average molecular weight is 488 g/mol. The van der Waals surface area contributed by atoms with E-state index in [2.05, 4.69) is 15.6 Å². The minimum absolute atomic E-state index is 0.193. The second kappa shape index (κ2) is 10.1. The van der Waals surface area contributed by atoms with Gasteiger partial charge in [-0.05, 0) is 55.0 Å². The topological polar surface area (TPSA) is 116 Å². The first-order valence-corrected chi connectivity index (χ1v) is 11.5. The van der Waals surface area contributed by atoms with Gasteiger partial charge in [-0.15, -0.1) is 0 Å². The van der Waals surface area contributed by atoms with Gasteiger partial charge in [-0.25, -0.2) is 4.98 Å². The van der Waals surface area contributed by atoms with Gasteiger partial charge in [-0.1, -0.05) is 18.2 Å². The highest BCUT2D eigenvalue weighted by Crippen LogP contribution is 2.28. The molecule has 1 unspecified atom stereocenters. The molecule has 2 aromatic heterocycles. The van der Waals surface area contributed by atoms with Crippen LogP contribution < -0.4 is 15.4 Å². The molecule has 1 atom stereocenters. The molecular formula is C27H25N3O6. The lowest BCUT2D eigenvalue weighted by Crippen LogP contribution is -2.37. The van der Waals surface area contributed by atoms with E-state index in [1.807, 2.05) is 24.3 Å². The summed E-state index contributed by atoms with van der Waals surface area (Å²) in [5.41, 5.74) is 3.00. The number of nitrogens with zero attached hydrogens (tertiary/aromatic N) is 1. The van der Waals surface area contributed by atoms with Crippen molar-refractivity contribution in [2.24, 2.45) is 0 Å². The number of rotatable bonds is 8. The number of oxazole rings is 1. The van der Waals surface area contributed by atoms with Crippen molar-refractivity contribution >= 4 is 17.5 Å². The Morgan fingerprint density at radius 1 is 1.06 bits per heavy atom. The normalized spacial score (nSPS) is 14.2. The Morgan fingerprint density at radius 2 is 1.86 bits per heavy atom. The van der Waals surface area contributed by atoms with Gasteiger partial charge in [0.1, 0.15) is 29.6 Å². The smallest absolute Gasteiger partial charge is 0.291 e. The molecular weight excluding hydrogens is 462 g/mol. The van der Waals surface area contributed by atoms with Crippen molar-refractivity contribution in [3.63, 3.8) is 0 Å². The van der Waals surface area contributed by atoms with Gasteiger partial charge >= 0.3 is 0 Å². The Bertz CT molecular complexity index is 1360. The zero-order chi connectivity index (χ0) is 25.1. The number of nitrogens with one attached hydrogen (secondary N) is 2. The van der Waals surface area contributed by atoms with Crippen molar-refractivity contribution in [1.29, 1.82) is 0 Å². The number of fused-ring (bicyclic) bond motifs is 1. The zero-order valence-electron chi connectivity index (χ0n) is 19.9. The third-order valence-electron chi connectivity index (χ3n) is 5.82. The molecule has 0 spiro atoms. The minimum Gasteiger partial charge on any atom is -0.480 e. The number of carbonyl (C=O) groups is 2. The zero-order valence-corrected chi connectivity index (χ0v) is 19.9. The number of carbonyl (C=O) groups excluding carboxylic acids is 2. The molecule has 0 fully saturated rings. The molecule has 9 nitrogen and oxygen atoms in total. The number of hydrogen-bond donors (Lipinski definition) is 2. The predicted octanol–water partition coefficient (Wildman–Crippen LogP) is 4.26. The number of benzene rings is 2. The van der Waals surface area contributed by atoms with Crippen LogP contribution in [0.5, 0.6) is 5.75 Å². The number of anilines is 1. The van der Waals surface area contributed by atoms with E-state index in [0.717, 1.165) is 16.9 Å². The van der Waals surface area contributed by atoms with Crippen molar-refractivity contribution in [2.45, 2.75) is 32.6 Å². The van der Waals surface area contributed by atoms with Crippen LogP contribution in [0.15, 0.2) is 69.5 Å². The predicted molar refractivity (Wildman–Crippen MR) is 130 cm³/mol. The van der Waals surface area contributed by atoms with Gasteiger partial charge < -0.3 is 28.9 Å². The maximum atomic E-state index is 12.6. The van der Waals surface area contributed by atoms with Crippen LogP contribution in [0.3, 0.4) is 0 Å². The summed E-state index contributed by atoms with van der Waals surface area (Å²) >= 11 is 0. The Morgan fingerprint density at radius 3 is 2.64 bits per heavy atom. The van der Waals surface area contributed by atoms with Crippen LogP contribution in [0.1, 0.15) is 33.3 Å². The van der Waals surface area contributed by atoms with Gasteiger partial charge in [0, 0.05) is 24.8 Å². The summed E-state index contributed by atoms with van der Waals surface area (Å²) in [5, 5.41) is 5.68. The van der Waals surface area contributed by atoms with Gasteiger partial charge in [0.2, 0.25) is 5.89 Å². The highest BCUT2D eigenvalue weighted by Gasteiger charge is 2.28. The molecule has 0 bridgehead atoms. The molecule has 0 saturated carbocycles. The van der Waals surface area contributed by atoms with E-state index in [1.54, 1.807) is 50.4 Å². The first-order chi connectivity index (χ1) is 17.5. The van der Waals surface area contributed by atoms with Gasteiger partial charge in [0.15, 0.2) is 11.9 Å². The molecule has 1 aliphatic heterocycles. The summed E-state index contributed by atoms with van der Waals surface area (Å²) in [7, 11) is 1.56. The fourth-order valence-electron chi connectivity index (χ4n) is 3.94. The largest absolute Gasteiger partial charge is 0.480 e. The highest BCUT2D eigenvalue weighted by molar-refractivity contribution is 6.02. The Hall–Kier alpha value is -4.37. The number of ether oxygens (including phenoxy) is 2. The van der Waals surface area contributed by atoms with E-state index < -0.39 is 6.10 Å². The fraction of sp³-hybridized carbons (Fsp3) is 0.222. The first kappa shape index (κ1) is 23.4. The lowest BCUT2D eigenvalue weighted by molar-refractivity contribution is -0.127. The lowest BCUT2D eigenvalue weighted by atomic mass is 10.1. The third-order valence-corrected chi connectivity index (χ3v) is 5.82. The quantitative estimate of drug-likeness (QED) is 0.381. The van der Waals surface area contributed by atoms with Crippen LogP contribution in [-0.4, -0.2) is 30.0 Å². The number of methoxy groups -OCH3 is 1. The molecule has 2 N–H and O–H groups in total. The number of aryl methyl sites for hydroxylation is 1. The van der Waals surface area contributed by atoms with E-state index in [4.69, 9.17) is 18.3 Å². The summed E-state index contributed by atoms with van der Waals surface area (Å²) in [5.74, 6) is 2.01. The number of furan rings is 1. The molecule has 2 amide bonds.